The van der Waals surface area contributed by atoms with E-state index in [-0.39, 0.29) is 5.56 Å². The fraction of sp³-hybridized carbons (Fsp3) is 0.158. The van der Waals surface area contributed by atoms with Crippen LogP contribution >= 0.6 is 0 Å². The molecule has 3 rings (SSSR count). The number of fused-ring (bicyclic) bond motifs is 1. The number of aromatic carboxylic acids is 1. The molecular weight excluding hydrogens is 290 g/mol. The molecule has 0 aliphatic carbocycles. The summed E-state index contributed by atoms with van der Waals surface area (Å²) in [5.74, 6) is -0.209. The van der Waals surface area contributed by atoms with Crippen molar-refractivity contribution < 1.29 is 14.6 Å². The molecule has 0 atom stereocenters. The molecule has 0 spiro atoms. The number of benzene rings is 2. The zero-order valence-corrected chi connectivity index (χ0v) is 13.0. The number of hydrogen-bond donors (Lipinski definition) is 1. The number of carboxylic acids is 1. The normalized spacial score (nSPS) is 10.7. The summed E-state index contributed by atoms with van der Waals surface area (Å²) in [7, 11) is 0. The molecule has 2 aromatic carbocycles. The average Bonchev–Trinajstić information content (AvgIpc) is 2.55. The first kappa shape index (κ1) is 15.0. The van der Waals surface area contributed by atoms with Crippen molar-refractivity contribution in [1.29, 1.82) is 0 Å². The fourth-order valence-corrected chi connectivity index (χ4v) is 2.63. The molecule has 0 unspecified atom stereocenters. The van der Waals surface area contributed by atoms with E-state index in [0.717, 1.165) is 16.9 Å². The Balaban J connectivity index is 2.24. The molecule has 0 fully saturated rings. The van der Waals surface area contributed by atoms with Gasteiger partial charge in [0.15, 0.2) is 0 Å². The number of carboxylic acid groups (broad SMARTS) is 1. The van der Waals surface area contributed by atoms with Crippen LogP contribution in [0.4, 0.5) is 0 Å². The van der Waals surface area contributed by atoms with Crippen LogP contribution in [0.15, 0.2) is 48.5 Å². The first-order valence-electron chi connectivity index (χ1n) is 7.47. The number of nitrogens with zero attached hydrogens (tertiary/aromatic N) is 1. The molecule has 0 bridgehead atoms. The van der Waals surface area contributed by atoms with Gasteiger partial charge in [0, 0.05) is 10.9 Å². The van der Waals surface area contributed by atoms with Crippen molar-refractivity contribution in [2.24, 2.45) is 0 Å². The molecule has 23 heavy (non-hydrogen) atoms. The van der Waals surface area contributed by atoms with Crippen LogP contribution in [0.1, 0.15) is 22.8 Å². The van der Waals surface area contributed by atoms with Gasteiger partial charge in [-0.1, -0.05) is 30.3 Å². The molecule has 3 aromatic rings. The smallest absolute Gasteiger partial charge is 0.336 e. The van der Waals surface area contributed by atoms with E-state index in [4.69, 9.17) is 4.74 Å². The molecule has 1 N–H and O–H groups in total. The summed E-state index contributed by atoms with van der Waals surface area (Å²) >= 11 is 0. The highest BCUT2D eigenvalue weighted by molar-refractivity contribution is 6.04. The Morgan fingerprint density at radius 1 is 1.17 bits per heavy atom. The molecule has 0 saturated heterocycles. The predicted octanol–water partition coefficient (Wildman–Crippen LogP) is 4.31. The van der Waals surface area contributed by atoms with E-state index in [0.29, 0.717) is 23.2 Å². The number of hydrogen-bond acceptors (Lipinski definition) is 3. The number of carbonyl (C=O) groups is 1. The van der Waals surface area contributed by atoms with Crippen LogP contribution in [0, 0.1) is 6.92 Å². The summed E-state index contributed by atoms with van der Waals surface area (Å²) < 4.78 is 5.51. The number of pyridine rings is 1. The molecular formula is C19H17NO3. The highest BCUT2D eigenvalue weighted by atomic mass is 16.5. The minimum absolute atomic E-state index is 0.260. The maximum atomic E-state index is 11.6. The molecule has 1 aromatic heterocycles. The number of aryl methyl sites for hydroxylation is 1. The van der Waals surface area contributed by atoms with Gasteiger partial charge in [-0.25, -0.2) is 9.78 Å². The molecule has 4 nitrogen and oxygen atoms in total. The third kappa shape index (κ3) is 2.88. The second-order valence-electron chi connectivity index (χ2n) is 5.29. The monoisotopic (exact) mass is 307 g/mol. The van der Waals surface area contributed by atoms with Crippen LogP contribution in [-0.4, -0.2) is 22.7 Å². The van der Waals surface area contributed by atoms with E-state index < -0.39 is 5.97 Å². The lowest BCUT2D eigenvalue weighted by Crippen LogP contribution is -2.01. The van der Waals surface area contributed by atoms with E-state index in [2.05, 4.69) is 4.98 Å². The lowest BCUT2D eigenvalue weighted by atomic mass is 10.0. The predicted molar refractivity (Wildman–Crippen MR) is 90.0 cm³/mol. The lowest BCUT2D eigenvalue weighted by molar-refractivity contribution is 0.0699. The largest absolute Gasteiger partial charge is 0.494 e. The second kappa shape index (κ2) is 6.08. The Bertz CT molecular complexity index is 887. The summed E-state index contributed by atoms with van der Waals surface area (Å²) in [5.41, 5.74) is 3.39. The van der Waals surface area contributed by atoms with E-state index in [9.17, 15) is 9.90 Å². The topological polar surface area (TPSA) is 59.4 Å². The number of aromatic nitrogens is 1. The Morgan fingerprint density at radius 3 is 2.70 bits per heavy atom. The summed E-state index contributed by atoms with van der Waals surface area (Å²) in [4.78, 5) is 16.3. The highest BCUT2D eigenvalue weighted by Gasteiger charge is 2.14. The zero-order valence-electron chi connectivity index (χ0n) is 13.0. The number of para-hydroxylation sites is 1. The molecule has 0 amide bonds. The van der Waals surface area contributed by atoms with Crippen molar-refractivity contribution in [2.75, 3.05) is 6.61 Å². The number of ether oxygens (including phenoxy) is 1. The maximum absolute atomic E-state index is 11.6. The van der Waals surface area contributed by atoms with Gasteiger partial charge in [0.25, 0.3) is 0 Å². The molecule has 1 heterocycles. The van der Waals surface area contributed by atoms with E-state index in [1.54, 1.807) is 12.1 Å². The minimum Gasteiger partial charge on any atom is -0.494 e. The van der Waals surface area contributed by atoms with E-state index >= 15 is 0 Å². The van der Waals surface area contributed by atoms with Gasteiger partial charge in [-0.3, -0.25) is 0 Å². The van der Waals surface area contributed by atoms with E-state index in [1.807, 2.05) is 50.2 Å². The van der Waals surface area contributed by atoms with Crippen molar-refractivity contribution in [3.8, 4) is 17.0 Å². The summed E-state index contributed by atoms with van der Waals surface area (Å²) in [6.45, 7) is 4.43. The van der Waals surface area contributed by atoms with Crippen molar-refractivity contribution in [3.63, 3.8) is 0 Å². The van der Waals surface area contributed by atoms with Gasteiger partial charge >= 0.3 is 5.97 Å². The molecule has 4 heteroatoms. The van der Waals surface area contributed by atoms with Gasteiger partial charge in [-0.2, -0.15) is 0 Å². The zero-order chi connectivity index (χ0) is 16.4. The van der Waals surface area contributed by atoms with Gasteiger partial charge in [0.05, 0.1) is 23.4 Å². The van der Waals surface area contributed by atoms with Gasteiger partial charge < -0.3 is 9.84 Å². The Kier molecular flexibility index (Phi) is 3.98. The number of rotatable bonds is 4. The molecule has 0 radical (unpaired) electrons. The minimum atomic E-state index is -0.954. The van der Waals surface area contributed by atoms with E-state index in [1.165, 1.54) is 0 Å². The Morgan fingerprint density at radius 2 is 1.96 bits per heavy atom. The summed E-state index contributed by atoms with van der Waals surface area (Å²) in [6, 6.07) is 14.7. The highest BCUT2D eigenvalue weighted by Crippen LogP contribution is 2.28. The van der Waals surface area contributed by atoms with Crippen LogP contribution in [-0.2, 0) is 0 Å². The molecule has 0 aliphatic rings. The van der Waals surface area contributed by atoms with Gasteiger partial charge in [0.1, 0.15) is 5.75 Å². The summed E-state index contributed by atoms with van der Waals surface area (Å²) in [5, 5.41) is 10.2. The van der Waals surface area contributed by atoms with Crippen LogP contribution in [0.25, 0.3) is 22.2 Å². The second-order valence-corrected chi connectivity index (χ2v) is 5.29. The van der Waals surface area contributed by atoms with Crippen LogP contribution in [0.2, 0.25) is 0 Å². The van der Waals surface area contributed by atoms with Crippen LogP contribution in [0.5, 0.6) is 5.75 Å². The summed E-state index contributed by atoms with van der Waals surface area (Å²) in [6.07, 6.45) is 0. The van der Waals surface area contributed by atoms with Gasteiger partial charge in [-0.15, -0.1) is 0 Å². The van der Waals surface area contributed by atoms with Crippen molar-refractivity contribution in [2.45, 2.75) is 13.8 Å². The first-order chi connectivity index (χ1) is 11.1. The Labute approximate surface area is 134 Å². The van der Waals surface area contributed by atoms with Crippen molar-refractivity contribution in [1.82, 2.24) is 4.98 Å². The molecule has 116 valence electrons. The Hall–Kier alpha value is -2.88. The first-order valence-corrected chi connectivity index (χ1v) is 7.47. The average molecular weight is 307 g/mol. The quantitative estimate of drug-likeness (QED) is 0.780. The molecule has 0 aliphatic heterocycles. The van der Waals surface area contributed by atoms with Crippen LogP contribution < -0.4 is 4.74 Å². The van der Waals surface area contributed by atoms with Crippen LogP contribution in [0.3, 0.4) is 0 Å². The SMILES string of the molecule is CCOc1cccc(-c2cc(C(=O)O)c3cccc(C)c3n2)c1. The van der Waals surface area contributed by atoms with Gasteiger partial charge in [-0.05, 0) is 37.6 Å². The van der Waals surface area contributed by atoms with Crippen molar-refractivity contribution >= 4 is 16.9 Å². The standard InChI is InChI=1S/C19H17NO3/c1-3-23-14-8-5-7-13(10-14)17-11-16(19(21)22)15-9-4-6-12(2)18(15)20-17/h4-11H,3H2,1-2H3,(H,21,22). The third-order valence-corrected chi connectivity index (χ3v) is 3.71. The lowest BCUT2D eigenvalue weighted by Gasteiger charge is -2.10. The third-order valence-electron chi connectivity index (χ3n) is 3.71. The van der Waals surface area contributed by atoms with Gasteiger partial charge in [0.2, 0.25) is 0 Å². The fourth-order valence-electron chi connectivity index (χ4n) is 2.63. The molecule has 0 saturated carbocycles. The van der Waals surface area contributed by atoms with Crippen molar-refractivity contribution in [3.05, 3.63) is 59.7 Å². The maximum Gasteiger partial charge on any atom is 0.336 e.